The number of amides is 1. The molecule has 1 saturated heterocycles. The van der Waals surface area contributed by atoms with Crippen molar-refractivity contribution in [1.29, 1.82) is 0 Å². The van der Waals surface area contributed by atoms with Crippen LogP contribution in [0.2, 0.25) is 0 Å². The predicted molar refractivity (Wildman–Crippen MR) is 65.8 cm³/mol. The lowest BCUT2D eigenvalue weighted by Gasteiger charge is -2.17. The Bertz CT molecular complexity index is 387. The number of hydrogen-bond donors (Lipinski definition) is 1. The Kier molecular flexibility index (Phi) is 3.84. The minimum atomic E-state index is 0.0967. The Balaban J connectivity index is 2.06. The number of rotatable bonds is 4. The van der Waals surface area contributed by atoms with E-state index in [1.54, 1.807) is 0 Å². The van der Waals surface area contributed by atoms with Crippen molar-refractivity contribution in [2.24, 2.45) is 5.92 Å². The van der Waals surface area contributed by atoms with Crippen LogP contribution in [-0.4, -0.2) is 40.2 Å². The summed E-state index contributed by atoms with van der Waals surface area (Å²) in [6.07, 6.45) is 3.89. The maximum atomic E-state index is 12.3. The standard InChI is InChI=1S/C13H20N2O2/c1-2-6-14-7-3-4-12(14)13(17)15-8-5-11(9-15)10-16/h3-4,7,11,16H,2,5-6,8-10H2,1H3. The summed E-state index contributed by atoms with van der Waals surface area (Å²) in [5, 5.41) is 9.09. The number of aliphatic hydroxyl groups excluding tert-OH is 1. The third-order valence-electron chi connectivity index (χ3n) is 3.34. The highest BCUT2D eigenvalue weighted by atomic mass is 16.3. The van der Waals surface area contributed by atoms with Gasteiger partial charge >= 0.3 is 0 Å². The lowest BCUT2D eigenvalue weighted by molar-refractivity contribution is 0.0771. The highest BCUT2D eigenvalue weighted by Gasteiger charge is 2.27. The quantitative estimate of drug-likeness (QED) is 0.857. The van der Waals surface area contributed by atoms with Crippen molar-refractivity contribution < 1.29 is 9.90 Å². The second kappa shape index (κ2) is 5.36. The number of nitrogens with zero attached hydrogens (tertiary/aromatic N) is 2. The second-order valence-corrected chi connectivity index (χ2v) is 4.68. The van der Waals surface area contributed by atoms with Gasteiger partial charge in [0.05, 0.1) is 0 Å². The molecule has 0 saturated carbocycles. The molecule has 0 radical (unpaired) electrons. The van der Waals surface area contributed by atoms with E-state index in [2.05, 4.69) is 6.92 Å². The third kappa shape index (κ3) is 2.52. The molecule has 4 heteroatoms. The van der Waals surface area contributed by atoms with E-state index < -0.39 is 0 Å². The lowest BCUT2D eigenvalue weighted by Crippen LogP contribution is -2.30. The van der Waals surface area contributed by atoms with E-state index in [0.717, 1.165) is 31.6 Å². The predicted octanol–water partition coefficient (Wildman–Crippen LogP) is 1.35. The highest BCUT2D eigenvalue weighted by molar-refractivity contribution is 5.93. The summed E-state index contributed by atoms with van der Waals surface area (Å²) in [6, 6.07) is 3.80. The molecule has 0 aliphatic carbocycles. The fraction of sp³-hybridized carbons (Fsp3) is 0.615. The number of carbonyl (C=O) groups excluding carboxylic acids is 1. The van der Waals surface area contributed by atoms with Gasteiger partial charge in [-0.15, -0.1) is 0 Å². The number of likely N-dealkylation sites (tertiary alicyclic amines) is 1. The molecule has 17 heavy (non-hydrogen) atoms. The average molecular weight is 236 g/mol. The number of hydrogen-bond acceptors (Lipinski definition) is 2. The van der Waals surface area contributed by atoms with Gasteiger partial charge in [-0.1, -0.05) is 6.92 Å². The minimum Gasteiger partial charge on any atom is -0.396 e. The maximum Gasteiger partial charge on any atom is 0.270 e. The maximum absolute atomic E-state index is 12.3. The van der Waals surface area contributed by atoms with E-state index in [0.29, 0.717) is 6.54 Å². The summed E-state index contributed by atoms with van der Waals surface area (Å²) < 4.78 is 2.01. The van der Waals surface area contributed by atoms with Gasteiger partial charge in [0.2, 0.25) is 0 Å². The summed E-state index contributed by atoms with van der Waals surface area (Å²) in [6.45, 7) is 4.62. The molecule has 1 aromatic rings. The van der Waals surface area contributed by atoms with Crippen molar-refractivity contribution in [3.05, 3.63) is 24.0 Å². The molecule has 2 heterocycles. The third-order valence-corrected chi connectivity index (χ3v) is 3.34. The molecule has 1 aliphatic heterocycles. The molecular formula is C13H20N2O2. The summed E-state index contributed by atoms with van der Waals surface area (Å²) >= 11 is 0. The number of aryl methyl sites for hydroxylation is 1. The Morgan fingerprint density at radius 3 is 3.06 bits per heavy atom. The van der Waals surface area contributed by atoms with E-state index in [1.807, 2.05) is 27.8 Å². The zero-order valence-electron chi connectivity index (χ0n) is 10.3. The summed E-state index contributed by atoms with van der Waals surface area (Å²) in [4.78, 5) is 14.1. The van der Waals surface area contributed by atoms with Crippen LogP contribution in [0, 0.1) is 5.92 Å². The van der Waals surface area contributed by atoms with Gasteiger partial charge in [-0.05, 0) is 25.0 Å². The molecule has 1 N–H and O–H groups in total. The van der Waals surface area contributed by atoms with Gasteiger partial charge in [-0.3, -0.25) is 4.79 Å². The normalized spacial score (nSPS) is 19.9. The molecule has 1 aromatic heterocycles. The van der Waals surface area contributed by atoms with Crippen LogP contribution >= 0.6 is 0 Å². The Hall–Kier alpha value is -1.29. The molecule has 0 spiro atoms. The fourth-order valence-corrected chi connectivity index (χ4v) is 2.37. The number of aliphatic hydroxyl groups is 1. The Morgan fingerprint density at radius 1 is 1.59 bits per heavy atom. The molecule has 1 unspecified atom stereocenters. The first kappa shape index (κ1) is 12.2. The van der Waals surface area contributed by atoms with Gasteiger partial charge in [0.1, 0.15) is 5.69 Å². The first-order chi connectivity index (χ1) is 8.26. The zero-order chi connectivity index (χ0) is 12.3. The van der Waals surface area contributed by atoms with Crippen molar-refractivity contribution in [1.82, 2.24) is 9.47 Å². The summed E-state index contributed by atoms with van der Waals surface area (Å²) in [5.74, 6) is 0.355. The topological polar surface area (TPSA) is 45.5 Å². The zero-order valence-corrected chi connectivity index (χ0v) is 10.3. The van der Waals surface area contributed by atoms with Crippen LogP contribution in [0.1, 0.15) is 30.3 Å². The van der Waals surface area contributed by atoms with Gasteiger partial charge in [-0.25, -0.2) is 0 Å². The van der Waals surface area contributed by atoms with Gasteiger partial charge in [0.15, 0.2) is 0 Å². The Labute approximate surface area is 102 Å². The Morgan fingerprint density at radius 2 is 2.41 bits per heavy atom. The number of carbonyl (C=O) groups is 1. The largest absolute Gasteiger partial charge is 0.396 e. The fourth-order valence-electron chi connectivity index (χ4n) is 2.37. The first-order valence-corrected chi connectivity index (χ1v) is 6.31. The van der Waals surface area contributed by atoms with Crippen LogP contribution in [0.3, 0.4) is 0 Å². The lowest BCUT2D eigenvalue weighted by atomic mass is 10.1. The van der Waals surface area contributed by atoms with Gasteiger partial charge in [0.25, 0.3) is 5.91 Å². The van der Waals surface area contributed by atoms with Crippen molar-refractivity contribution in [3.63, 3.8) is 0 Å². The summed E-state index contributed by atoms with van der Waals surface area (Å²) in [5.41, 5.74) is 0.769. The van der Waals surface area contributed by atoms with E-state index in [1.165, 1.54) is 0 Å². The van der Waals surface area contributed by atoms with Crippen molar-refractivity contribution in [3.8, 4) is 0 Å². The van der Waals surface area contributed by atoms with Crippen molar-refractivity contribution in [2.75, 3.05) is 19.7 Å². The average Bonchev–Trinajstić information content (AvgIpc) is 2.97. The number of aromatic nitrogens is 1. The molecule has 0 bridgehead atoms. The van der Waals surface area contributed by atoms with Crippen LogP contribution in [0.25, 0.3) is 0 Å². The monoisotopic (exact) mass is 236 g/mol. The molecule has 1 fully saturated rings. The molecule has 2 rings (SSSR count). The van der Waals surface area contributed by atoms with Crippen LogP contribution < -0.4 is 0 Å². The van der Waals surface area contributed by atoms with E-state index in [9.17, 15) is 4.79 Å². The van der Waals surface area contributed by atoms with E-state index in [4.69, 9.17) is 5.11 Å². The molecule has 1 aliphatic rings. The molecule has 94 valence electrons. The van der Waals surface area contributed by atoms with Gasteiger partial charge in [0, 0.05) is 38.4 Å². The van der Waals surface area contributed by atoms with Crippen molar-refractivity contribution >= 4 is 5.91 Å². The second-order valence-electron chi connectivity index (χ2n) is 4.68. The van der Waals surface area contributed by atoms with Crippen LogP contribution in [-0.2, 0) is 6.54 Å². The van der Waals surface area contributed by atoms with Crippen LogP contribution in [0.15, 0.2) is 18.3 Å². The summed E-state index contributed by atoms with van der Waals surface area (Å²) in [7, 11) is 0. The highest BCUT2D eigenvalue weighted by Crippen LogP contribution is 2.18. The first-order valence-electron chi connectivity index (χ1n) is 6.31. The van der Waals surface area contributed by atoms with Gasteiger partial charge in [-0.2, -0.15) is 0 Å². The minimum absolute atomic E-state index is 0.0967. The molecule has 1 atom stereocenters. The molecule has 4 nitrogen and oxygen atoms in total. The smallest absolute Gasteiger partial charge is 0.270 e. The molecule has 0 aromatic carbocycles. The molecule has 1 amide bonds. The van der Waals surface area contributed by atoms with Crippen molar-refractivity contribution in [2.45, 2.75) is 26.3 Å². The molecular weight excluding hydrogens is 216 g/mol. The van der Waals surface area contributed by atoms with E-state index >= 15 is 0 Å². The van der Waals surface area contributed by atoms with Crippen LogP contribution in [0.5, 0.6) is 0 Å². The SMILES string of the molecule is CCCn1cccc1C(=O)N1CCC(CO)C1. The van der Waals surface area contributed by atoms with Crippen LogP contribution in [0.4, 0.5) is 0 Å². The van der Waals surface area contributed by atoms with Gasteiger partial charge < -0.3 is 14.6 Å². The van der Waals surface area contributed by atoms with E-state index in [-0.39, 0.29) is 18.4 Å².